The summed E-state index contributed by atoms with van der Waals surface area (Å²) >= 11 is 0. The van der Waals surface area contributed by atoms with Gasteiger partial charge in [-0.05, 0) is 55.8 Å². The van der Waals surface area contributed by atoms with Crippen LogP contribution < -0.4 is 15.9 Å². The Kier molecular flexibility index (Phi) is 6.92. The lowest BCUT2D eigenvalue weighted by Crippen LogP contribution is -2.31. The summed E-state index contributed by atoms with van der Waals surface area (Å²) in [5.74, 6) is -0.275. The first-order valence-corrected chi connectivity index (χ1v) is 11.4. The van der Waals surface area contributed by atoms with E-state index in [1.54, 1.807) is 21.6 Å². The number of likely N-dealkylation sites (N-methyl/N-ethyl adjacent to an activating group) is 1. The second-order valence-corrected chi connectivity index (χ2v) is 8.00. The first-order valence-electron chi connectivity index (χ1n) is 11.4. The molecule has 2 amide bonds. The quantitative estimate of drug-likeness (QED) is 0.434. The minimum atomic E-state index is -0.286. The van der Waals surface area contributed by atoms with Gasteiger partial charge in [-0.2, -0.15) is 0 Å². The third-order valence-electron chi connectivity index (χ3n) is 5.82. The Hall–Kier alpha value is -4.13. The summed E-state index contributed by atoms with van der Waals surface area (Å²) in [7, 11) is 0. The highest BCUT2D eigenvalue weighted by molar-refractivity contribution is 5.95. The van der Waals surface area contributed by atoms with Crippen molar-refractivity contribution >= 4 is 34.2 Å². The van der Waals surface area contributed by atoms with Crippen molar-refractivity contribution in [2.24, 2.45) is 0 Å². The van der Waals surface area contributed by atoms with Crippen molar-refractivity contribution < 1.29 is 9.59 Å². The first kappa shape index (κ1) is 23.0. The number of nitrogens with zero attached hydrogens (tertiary/aromatic N) is 3. The van der Waals surface area contributed by atoms with E-state index in [1.807, 2.05) is 80.6 Å². The van der Waals surface area contributed by atoms with Crippen molar-refractivity contribution in [1.82, 2.24) is 9.13 Å². The zero-order valence-corrected chi connectivity index (χ0v) is 19.4. The van der Waals surface area contributed by atoms with Gasteiger partial charge in [-0.25, -0.2) is 4.79 Å². The van der Waals surface area contributed by atoms with Gasteiger partial charge in [-0.1, -0.05) is 42.5 Å². The lowest BCUT2D eigenvalue weighted by molar-refractivity contribution is -0.118. The monoisotopic (exact) mass is 456 g/mol. The topological polar surface area (TPSA) is 76.3 Å². The van der Waals surface area contributed by atoms with Crippen LogP contribution in [0.5, 0.6) is 0 Å². The van der Waals surface area contributed by atoms with E-state index in [1.165, 1.54) is 4.57 Å². The van der Waals surface area contributed by atoms with Gasteiger partial charge < -0.3 is 10.2 Å². The highest BCUT2D eigenvalue weighted by Gasteiger charge is 2.16. The molecule has 0 aliphatic heterocycles. The molecule has 1 heterocycles. The van der Waals surface area contributed by atoms with Crippen molar-refractivity contribution in [2.75, 3.05) is 16.8 Å². The SMILES string of the molecule is CCN(C(=O)Cc1ccc(NC(=O)Cn2c(=O)n(CC)c3ccccc32)cc1)c1ccccc1. The van der Waals surface area contributed by atoms with Gasteiger partial charge in [0, 0.05) is 24.5 Å². The molecule has 3 aromatic carbocycles. The number of fused-ring (bicyclic) bond motifs is 1. The average Bonchev–Trinajstić information content (AvgIpc) is 3.12. The van der Waals surface area contributed by atoms with Gasteiger partial charge >= 0.3 is 5.69 Å². The van der Waals surface area contributed by atoms with Crippen LogP contribution in [0.2, 0.25) is 0 Å². The summed E-state index contributed by atoms with van der Waals surface area (Å²) in [6.45, 7) is 4.91. The van der Waals surface area contributed by atoms with Crippen LogP contribution in [0.25, 0.3) is 11.0 Å². The maximum atomic E-state index is 12.8. The fourth-order valence-electron chi connectivity index (χ4n) is 4.16. The van der Waals surface area contributed by atoms with E-state index in [2.05, 4.69) is 5.32 Å². The van der Waals surface area contributed by atoms with E-state index >= 15 is 0 Å². The van der Waals surface area contributed by atoms with Crippen LogP contribution in [0.3, 0.4) is 0 Å². The minimum absolute atomic E-state index is 0.0113. The van der Waals surface area contributed by atoms with E-state index in [4.69, 9.17) is 0 Å². The predicted molar refractivity (Wildman–Crippen MR) is 135 cm³/mol. The van der Waals surface area contributed by atoms with Crippen LogP contribution in [0.1, 0.15) is 19.4 Å². The molecule has 4 aromatic rings. The van der Waals surface area contributed by atoms with Gasteiger partial charge in [-0.15, -0.1) is 0 Å². The van der Waals surface area contributed by atoms with Crippen molar-refractivity contribution in [3.05, 3.63) is 94.9 Å². The molecule has 0 aliphatic rings. The Morgan fingerprint density at radius 1 is 0.824 bits per heavy atom. The molecule has 0 fully saturated rings. The fourth-order valence-corrected chi connectivity index (χ4v) is 4.16. The first-order chi connectivity index (χ1) is 16.5. The number of hydrogen-bond donors (Lipinski definition) is 1. The maximum Gasteiger partial charge on any atom is 0.329 e. The normalized spacial score (nSPS) is 10.9. The molecule has 0 radical (unpaired) electrons. The fraction of sp³-hybridized carbons (Fsp3) is 0.222. The largest absolute Gasteiger partial charge is 0.329 e. The third kappa shape index (κ3) is 4.78. The Morgan fingerprint density at radius 2 is 1.44 bits per heavy atom. The summed E-state index contributed by atoms with van der Waals surface area (Å²) < 4.78 is 3.15. The number of benzene rings is 3. The number of carbonyl (C=O) groups excluding carboxylic acids is 2. The van der Waals surface area contributed by atoms with Gasteiger partial charge in [0.1, 0.15) is 6.54 Å². The number of nitrogens with one attached hydrogen (secondary N) is 1. The highest BCUT2D eigenvalue weighted by atomic mass is 16.2. The van der Waals surface area contributed by atoms with Crippen LogP contribution in [-0.4, -0.2) is 27.5 Å². The van der Waals surface area contributed by atoms with Crippen molar-refractivity contribution in [1.29, 1.82) is 0 Å². The number of amides is 2. The third-order valence-corrected chi connectivity index (χ3v) is 5.82. The highest BCUT2D eigenvalue weighted by Crippen LogP contribution is 2.17. The maximum absolute atomic E-state index is 12.8. The molecule has 34 heavy (non-hydrogen) atoms. The second-order valence-electron chi connectivity index (χ2n) is 8.00. The molecule has 0 saturated carbocycles. The number of para-hydroxylation sites is 3. The molecule has 1 N–H and O–H groups in total. The molecular formula is C27H28N4O3. The predicted octanol–water partition coefficient (Wildman–Crippen LogP) is 4.06. The molecule has 0 atom stereocenters. The molecule has 0 unspecified atom stereocenters. The summed E-state index contributed by atoms with van der Waals surface area (Å²) in [6.07, 6.45) is 0.267. The number of anilines is 2. The molecule has 0 spiro atoms. The Bertz CT molecular complexity index is 1350. The lowest BCUT2D eigenvalue weighted by Gasteiger charge is -2.21. The smallest absolute Gasteiger partial charge is 0.325 e. The summed E-state index contributed by atoms with van der Waals surface area (Å²) in [4.78, 5) is 40.0. The number of aromatic nitrogens is 2. The van der Waals surface area contributed by atoms with Crippen LogP contribution in [0.15, 0.2) is 83.7 Å². The van der Waals surface area contributed by atoms with Crippen molar-refractivity contribution in [2.45, 2.75) is 33.4 Å². The Labute approximate surface area is 198 Å². The van der Waals surface area contributed by atoms with Gasteiger partial charge in [0.15, 0.2) is 0 Å². The number of aryl methyl sites for hydroxylation is 1. The molecule has 174 valence electrons. The number of hydrogen-bond acceptors (Lipinski definition) is 3. The molecule has 0 aliphatic carbocycles. The van der Waals surface area contributed by atoms with Crippen LogP contribution in [0.4, 0.5) is 11.4 Å². The molecular weight excluding hydrogens is 428 g/mol. The number of carbonyl (C=O) groups is 2. The second kappa shape index (κ2) is 10.2. The molecule has 4 rings (SSSR count). The molecule has 0 saturated heterocycles. The average molecular weight is 457 g/mol. The van der Waals surface area contributed by atoms with E-state index in [0.29, 0.717) is 18.8 Å². The van der Waals surface area contributed by atoms with Gasteiger partial charge in [0.25, 0.3) is 0 Å². The van der Waals surface area contributed by atoms with Crippen LogP contribution in [0, 0.1) is 0 Å². The van der Waals surface area contributed by atoms with Gasteiger partial charge in [0.05, 0.1) is 17.5 Å². The Morgan fingerprint density at radius 3 is 2.06 bits per heavy atom. The minimum Gasteiger partial charge on any atom is -0.325 e. The van der Waals surface area contributed by atoms with Gasteiger partial charge in [0.2, 0.25) is 11.8 Å². The zero-order chi connectivity index (χ0) is 24.1. The van der Waals surface area contributed by atoms with E-state index in [-0.39, 0.29) is 30.5 Å². The molecule has 7 heteroatoms. The standard InChI is InChI=1S/C27H28N4O3/c1-3-29(22-10-6-5-7-11-22)26(33)18-20-14-16-21(17-15-20)28-25(32)19-31-24-13-9-8-12-23(24)30(4-2)27(31)34/h5-17H,3-4,18-19H2,1-2H3,(H,28,32). The van der Waals surface area contributed by atoms with E-state index in [9.17, 15) is 14.4 Å². The summed E-state index contributed by atoms with van der Waals surface area (Å²) in [5.41, 5.74) is 3.69. The summed E-state index contributed by atoms with van der Waals surface area (Å²) in [6, 6.07) is 24.3. The van der Waals surface area contributed by atoms with Gasteiger partial charge in [-0.3, -0.25) is 18.7 Å². The lowest BCUT2D eigenvalue weighted by atomic mass is 10.1. The number of rotatable bonds is 8. The Balaban J connectivity index is 1.42. The molecule has 1 aromatic heterocycles. The molecule has 0 bridgehead atoms. The summed E-state index contributed by atoms with van der Waals surface area (Å²) in [5, 5.41) is 2.85. The van der Waals surface area contributed by atoms with E-state index < -0.39 is 0 Å². The molecule has 7 nitrogen and oxygen atoms in total. The van der Waals surface area contributed by atoms with Crippen molar-refractivity contribution in [3.63, 3.8) is 0 Å². The van der Waals surface area contributed by atoms with Crippen molar-refractivity contribution in [3.8, 4) is 0 Å². The van der Waals surface area contributed by atoms with E-state index in [0.717, 1.165) is 22.3 Å². The van der Waals surface area contributed by atoms with Crippen LogP contribution >= 0.6 is 0 Å². The zero-order valence-electron chi connectivity index (χ0n) is 19.4. The van der Waals surface area contributed by atoms with Crippen LogP contribution in [-0.2, 0) is 29.1 Å². The number of imidazole rings is 1.